The summed E-state index contributed by atoms with van der Waals surface area (Å²) >= 11 is 5.63. The molecule has 0 heterocycles. The summed E-state index contributed by atoms with van der Waals surface area (Å²) in [4.78, 5) is 10.3. The molecule has 0 spiro atoms. The number of halogens is 2. The Morgan fingerprint density at radius 3 is 2.47 bits per heavy atom. The molecule has 0 unspecified atom stereocenters. The van der Waals surface area contributed by atoms with Crippen LogP contribution in [0.25, 0.3) is 11.1 Å². The minimum absolute atomic E-state index is 0.131. The molecule has 17 heavy (non-hydrogen) atoms. The van der Waals surface area contributed by atoms with Crippen LogP contribution in [0.5, 0.6) is 0 Å². The number of benzene rings is 2. The fraction of sp³-hybridized carbons (Fsp3) is 0. The van der Waals surface area contributed by atoms with Crippen LogP contribution in [0.2, 0.25) is 5.02 Å². The van der Waals surface area contributed by atoms with Gasteiger partial charge in [-0.05, 0) is 24.3 Å². The van der Waals surface area contributed by atoms with Crippen LogP contribution >= 0.6 is 11.6 Å². The predicted octanol–water partition coefficient (Wildman–Crippen LogP) is 4.05. The van der Waals surface area contributed by atoms with Crippen molar-refractivity contribution in [1.82, 2.24) is 0 Å². The third kappa shape index (κ3) is 2.26. The second-order valence-electron chi connectivity index (χ2n) is 3.40. The summed E-state index contributed by atoms with van der Waals surface area (Å²) in [5, 5.41) is 11.1. The molecular formula is C12H7ClFNO2. The molecule has 2 aromatic carbocycles. The molecule has 3 nitrogen and oxygen atoms in total. The zero-order chi connectivity index (χ0) is 12.4. The highest BCUT2D eigenvalue weighted by molar-refractivity contribution is 6.30. The van der Waals surface area contributed by atoms with Gasteiger partial charge in [0, 0.05) is 16.7 Å². The Bertz CT molecular complexity index is 586. The smallest absolute Gasteiger partial charge is 0.258 e. The SMILES string of the molecule is O=[N+]([O-])c1ccccc1-c1ccc(Cl)cc1F. The molecule has 0 aromatic heterocycles. The molecule has 0 bridgehead atoms. The van der Waals surface area contributed by atoms with Crippen molar-refractivity contribution < 1.29 is 9.31 Å². The van der Waals surface area contributed by atoms with Crippen molar-refractivity contribution in [2.24, 2.45) is 0 Å². The Labute approximate surface area is 102 Å². The van der Waals surface area contributed by atoms with E-state index in [1.165, 1.54) is 30.3 Å². The van der Waals surface area contributed by atoms with Crippen molar-refractivity contribution in [1.29, 1.82) is 0 Å². The Morgan fingerprint density at radius 1 is 1.12 bits per heavy atom. The number of rotatable bonds is 2. The van der Waals surface area contributed by atoms with E-state index in [4.69, 9.17) is 11.6 Å². The van der Waals surface area contributed by atoms with Crippen LogP contribution in [-0.4, -0.2) is 4.92 Å². The third-order valence-electron chi connectivity index (χ3n) is 2.32. The number of hydrogen-bond acceptors (Lipinski definition) is 2. The van der Waals surface area contributed by atoms with E-state index < -0.39 is 10.7 Å². The van der Waals surface area contributed by atoms with Gasteiger partial charge in [0.1, 0.15) is 5.82 Å². The molecule has 2 rings (SSSR count). The number of hydrogen-bond donors (Lipinski definition) is 0. The number of para-hydroxylation sites is 1. The summed E-state index contributed by atoms with van der Waals surface area (Å²) in [6, 6.07) is 10.1. The highest BCUT2D eigenvalue weighted by Gasteiger charge is 2.16. The van der Waals surface area contributed by atoms with Crippen molar-refractivity contribution in [3.05, 3.63) is 63.4 Å². The van der Waals surface area contributed by atoms with Crippen LogP contribution in [0.4, 0.5) is 10.1 Å². The molecule has 0 atom stereocenters. The first-order valence-electron chi connectivity index (χ1n) is 4.78. The second kappa shape index (κ2) is 4.51. The maximum Gasteiger partial charge on any atom is 0.277 e. The monoisotopic (exact) mass is 251 g/mol. The van der Waals surface area contributed by atoms with Crippen molar-refractivity contribution in [2.75, 3.05) is 0 Å². The van der Waals surface area contributed by atoms with E-state index in [1.807, 2.05) is 0 Å². The molecule has 0 aliphatic rings. The van der Waals surface area contributed by atoms with Crippen LogP contribution in [-0.2, 0) is 0 Å². The maximum absolute atomic E-state index is 13.7. The van der Waals surface area contributed by atoms with Gasteiger partial charge in [0.15, 0.2) is 0 Å². The first-order chi connectivity index (χ1) is 8.09. The highest BCUT2D eigenvalue weighted by atomic mass is 35.5. The van der Waals surface area contributed by atoms with Crippen LogP contribution < -0.4 is 0 Å². The Kier molecular flexibility index (Phi) is 3.06. The number of nitro groups is 1. The van der Waals surface area contributed by atoms with E-state index in [1.54, 1.807) is 6.07 Å². The fourth-order valence-electron chi connectivity index (χ4n) is 1.57. The molecule has 0 saturated heterocycles. The standard InChI is InChI=1S/C12H7ClFNO2/c13-8-5-6-9(11(14)7-8)10-3-1-2-4-12(10)15(16)17/h1-7H. The molecule has 5 heteroatoms. The predicted molar refractivity (Wildman–Crippen MR) is 63.5 cm³/mol. The molecule has 0 radical (unpaired) electrons. The zero-order valence-corrected chi connectivity index (χ0v) is 9.32. The lowest BCUT2D eigenvalue weighted by Crippen LogP contribution is -1.93. The molecule has 0 amide bonds. The quantitative estimate of drug-likeness (QED) is 0.597. The lowest BCUT2D eigenvalue weighted by molar-refractivity contribution is -0.384. The number of nitro benzene ring substituents is 1. The molecule has 0 fully saturated rings. The van der Waals surface area contributed by atoms with Gasteiger partial charge in [-0.3, -0.25) is 10.1 Å². The Hall–Kier alpha value is -1.94. The number of nitrogens with zero attached hydrogens (tertiary/aromatic N) is 1. The topological polar surface area (TPSA) is 43.1 Å². The van der Waals surface area contributed by atoms with Crippen molar-refractivity contribution in [2.45, 2.75) is 0 Å². The summed E-state index contributed by atoms with van der Waals surface area (Å²) in [5.41, 5.74) is 0.280. The molecule has 0 aliphatic carbocycles. The summed E-state index contributed by atoms with van der Waals surface area (Å²) in [6.45, 7) is 0. The van der Waals surface area contributed by atoms with Crippen molar-refractivity contribution in [3.8, 4) is 11.1 Å². The molecule has 0 saturated carbocycles. The summed E-state index contributed by atoms with van der Waals surface area (Å²) in [5.74, 6) is -0.577. The van der Waals surface area contributed by atoms with E-state index in [0.717, 1.165) is 6.07 Å². The summed E-state index contributed by atoms with van der Waals surface area (Å²) < 4.78 is 13.7. The van der Waals surface area contributed by atoms with Crippen LogP contribution in [0.15, 0.2) is 42.5 Å². The van der Waals surface area contributed by atoms with Crippen LogP contribution in [0, 0.1) is 15.9 Å². The highest BCUT2D eigenvalue weighted by Crippen LogP contribution is 2.32. The minimum Gasteiger partial charge on any atom is -0.258 e. The van der Waals surface area contributed by atoms with Gasteiger partial charge in [-0.2, -0.15) is 0 Å². The summed E-state index contributed by atoms with van der Waals surface area (Å²) in [6.07, 6.45) is 0. The normalized spacial score (nSPS) is 10.2. The van der Waals surface area contributed by atoms with E-state index in [-0.39, 0.29) is 21.8 Å². The first kappa shape index (κ1) is 11.5. The minimum atomic E-state index is -0.577. The Balaban J connectivity index is 2.64. The molecule has 2 aromatic rings. The lowest BCUT2D eigenvalue weighted by atomic mass is 10.0. The molecular weight excluding hydrogens is 245 g/mol. The van der Waals surface area contributed by atoms with Gasteiger partial charge in [0.25, 0.3) is 5.69 Å². The maximum atomic E-state index is 13.7. The van der Waals surface area contributed by atoms with Gasteiger partial charge in [-0.15, -0.1) is 0 Å². The fourth-order valence-corrected chi connectivity index (χ4v) is 1.73. The molecule has 86 valence electrons. The zero-order valence-electron chi connectivity index (χ0n) is 8.56. The van der Waals surface area contributed by atoms with Gasteiger partial charge < -0.3 is 0 Å². The first-order valence-corrected chi connectivity index (χ1v) is 5.16. The average molecular weight is 252 g/mol. The van der Waals surface area contributed by atoms with Gasteiger partial charge >= 0.3 is 0 Å². The van der Waals surface area contributed by atoms with Crippen molar-refractivity contribution in [3.63, 3.8) is 0 Å². The van der Waals surface area contributed by atoms with Crippen molar-refractivity contribution >= 4 is 17.3 Å². The molecule has 0 N–H and O–H groups in total. The largest absolute Gasteiger partial charge is 0.277 e. The van der Waals surface area contributed by atoms with Gasteiger partial charge in [0.2, 0.25) is 0 Å². The Morgan fingerprint density at radius 2 is 1.82 bits per heavy atom. The van der Waals surface area contributed by atoms with Crippen LogP contribution in [0.1, 0.15) is 0 Å². The van der Waals surface area contributed by atoms with E-state index in [0.29, 0.717) is 0 Å². The second-order valence-corrected chi connectivity index (χ2v) is 3.83. The molecule has 0 aliphatic heterocycles. The third-order valence-corrected chi connectivity index (χ3v) is 2.56. The van der Waals surface area contributed by atoms with E-state index in [9.17, 15) is 14.5 Å². The van der Waals surface area contributed by atoms with E-state index >= 15 is 0 Å². The van der Waals surface area contributed by atoms with Gasteiger partial charge in [-0.25, -0.2) is 4.39 Å². The van der Waals surface area contributed by atoms with Crippen LogP contribution in [0.3, 0.4) is 0 Å². The van der Waals surface area contributed by atoms with Gasteiger partial charge in [-0.1, -0.05) is 23.7 Å². The lowest BCUT2D eigenvalue weighted by Gasteiger charge is -2.04. The van der Waals surface area contributed by atoms with E-state index in [2.05, 4.69) is 0 Å². The average Bonchev–Trinajstić information content (AvgIpc) is 2.29. The summed E-state index contributed by atoms with van der Waals surface area (Å²) in [7, 11) is 0. The van der Waals surface area contributed by atoms with Gasteiger partial charge in [0.05, 0.1) is 10.5 Å².